The quantitative estimate of drug-likeness (QED) is 0.0152. The number of phosphoric ester groups is 1. The Bertz CT molecular complexity index is 2950. The van der Waals surface area contributed by atoms with Crippen LogP contribution in [0.25, 0.3) is 0 Å². The number of esters is 5. The van der Waals surface area contributed by atoms with E-state index in [4.69, 9.17) is 32.7 Å². The molecule has 638 valence electrons. The number of amides is 4. The van der Waals surface area contributed by atoms with E-state index in [0.717, 1.165) is 80.9 Å². The van der Waals surface area contributed by atoms with Crippen molar-refractivity contribution in [3.8, 4) is 0 Å². The Balaban J connectivity index is 1.10. The molecule has 2 atom stereocenters. The van der Waals surface area contributed by atoms with Crippen LogP contribution in [0.5, 0.6) is 0 Å². The van der Waals surface area contributed by atoms with Gasteiger partial charge in [0.25, 0.3) is 0 Å². The van der Waals surface area contributed by atoms with Crippen LogP contribution in [-0.2, 0) is 90.7 Å². The van der Waals surface area contributed by atoms with Crippen LogP contribution < -0.4 is 21.3 Å². The molecule has 0 radical (unpaired) electrons. The molecule has 1 fully saturated rings. The third-order valence-electron chi connectivity index (χ3n) is 20.0. The highest BCUT2D eigenvalue weighted by Crippen LogP contribution is 2.43. The molecule has 1 aliphatic rings. The van der Waals surface area contributed by atoms with Crippen LogP contribution in [0.4, 0.5) is 4.79 Å². The summed E-state index contributed by atoms with van der Waals surface area (Å²) in [4.78, 5) is 123. The SMILES string of the molecule is CCCCCCCCCCCCCCCC(=O)OC[C@@H](COP(=O)(O)OCCNC(=O)CCCCCNC(=O)NCCCCCCNC(=O)CN1CCN(CC(=O)OCc2ccccc2)CCN(CC(=O)OCc2ccccc2)CCN(CC(=O)OCc2ccccc2)CC1)OC(=O)CCCCCCCCCCCCCCC. The van der Waals surface area contributed by atoms with Gasteiger partial charge in [0.1, 0.15) is 26.4 Å². The van der Waals surface area contributed by atoms with Crippen molar-refractivity contribution in [1.29, 1.82) is 0 Å². The number of benzene rings is 3. The molecule has 0 bridgehead atoms. The third-order valence-corrected chi connectivity index (χ3v) is 20.9. The standard InChI is InChI=1S/C87H143N8O17P/c1-3-5-7-9-11-13-15-17-19-21-23-25-40-52-82(98)109-74-79(112-83(99)53-41-26-24-22-20-18-16-14-12-10-8-6-4-2)75-111-113(104,105)110-66-57-89-80(96)51-39-32-44-56-91-87(103)90-55-43-28-27-42-54-88-81(97)67-92-58-60-93(68-84(100)106-71-76-45-33-29-34-46-76)62-64-95(70-86(102)108-73-78-49-37-31-38-50-78)65-63-94(61-59-92)69-85(101)107-72-77-47-35-30-36-48-77/h29-31,33-38,45-50,79H,3-28,32,39-44,51-75H2,1-2H3,(H,88,97)(H,89,96)(H,104,105)(H2,90,91,103)/t79-/m0/s1. The number of hydrogen-bond donors (Lipinski definition) is 5. The summed E-state index contributed by atoms with van der Waals surface area (Å²) in [6.07, 6.45) is 35.1. The maximum absolute atomic E-state index is 13.6. The van der Waals surface area contributed by atoms with Crippen molar-refractivity contribution in [2.24, 2.45) is 0 Å². The lowest BCUT2D eigenvalue weighted by molar-refractivity contribution is -0.161. The van der Waals surface area contributed by atoms with Gasteiger partial charge < -0.3 is 49.8 Å². The number of hydrogen-bond acceptors (Lipinski definition) is 20. The van der Waals surface area contributed by atoms with Gasteiger partial charge in [0.2, 0.25) is 11.8 Å². The zero-order chi connectivity index (χ0) is 81.1. The molecule has 0 saturated carbocycles. The molecule has 4 amide bonds. The highest BCUT2D eigenvalue weighted by atomic mass is 31.2. The smallest absolute Gasteiger partial charge is 0.462 e. The molecule has 113 heavy (non-hydrogen) atoms. The second-order valence-electron chi connectivity index (χ2n) is 30.0. The summed E-state index contributed by atoms with van der Waals surface area (Å²) in [5.41, 5.74) is 2.61. The van der Waals surface area contributed by atoms with Gasteiger partial charge in [0.05, 0.1) is 39.4 Å². The van der Waals surface area contributed by atoms with Crippen molar-refractivity contribution in [2.75, 3.05) is 125 Å². The van der Waals surface area contributed by atoms with E-state index in [0.29, 0.717) is 104 Å². The minimum absolute atomic E-state index is 0.000374. The number of nitrogens with zero attached hydrogens (tertiary/aromatic N) is 4. The molecule has 0 aliphatic carbocycles. The summed E-state index contributed by atoms with van der Waals surface area (Å²) < 4.78 is 51.5. The van der Waals surface area contributed by atoms with E-state index in [2.05, 4.69) is 35.1 Å². The maximum atomic E-state index is 13.6. The van der Waals surface area contributed by atoms with Crippen molar-refractivity contribution in [2.45, 2.75) is 271 Å². The molecule has 0 spiro atoms. The Labute approximate surface area is 676 Å². The summed E-state index contributed by atoms with van der Waals surface area (Å²) in [6.45, 7) is 8.39. The zero-order valence-electron chi connectivity index (χ0n) is 69.0. The first-order valence-corrected chi connectivity index (χ1v) is 44.6. The Morgan fingerprint density at radius 3 is 1.05 bits per heavy atom. The molecule has 1 saturated heterocycles. The average Bonchev–Trinajstić information content (AvgIpc) is 0.902. The minimum atomic E-state index is -4.65. The average molecular weight is 1600 g/mol. The molecule has 25 nitrogen and oxygen atoms in total. The summed E-state index contributed by atoms with van der Waals surface area (Å²) in [5.74, 6) is -2.55. The first-order valence-electron chi connectivity index (χ1n) is 43.1. The molecule has 1 unspecified atom stereocenters. The monoisotopic (exact) mass is 1600 g/mol. The number of rotatable bonds is 65. The van der Waals surface area contributed by atoms with E-state index in [1.165, 1.54) is 116 Å². The first-order chi connectivity index (χ1) is 55.1. The van der Waals surface area contributed by atoms with Crippen molar-refractivity contribution < 1.29 is 80.5 Å². The van der Waals surface area contributed by atoms with E-state index in [1.807, 2.05) is 111 Å². The van der Waals surface area contributed by atoms with Gasteiger partial charge in [-0.25, -0.2) is 9.36 Å². The van der Waals surface area contributed by atoms with Gasteiger partial charge in [-0.3, -0.25) is 62.2 Å². The summed E-state index contributed by atoms with van der Waals surface area (Å²) >= 11 is 0. The van der Waals surface area contributed by atoms with Gasteiger partial charge in [-0.1, -0.05) is 278 Å². The number of carbonyl (C=O) groups is 8. The van der Waals surface area contributed by atoms with Crippen LogP contribution in [0.1, 0.15) is 262 Å². The van der Waals surface area contributed by atoms with Crippen molar-refractivity contribution in [3.63, 3.8) is 0 Å². The largest absolute Gasteiger partial charge is 0.472 e. The second-order valence-corrected chi connectivity index (χ2v) is 31.5. The predicted octanol–water partition coefficient (Wildman–Crippen LogP) is 14.6. The van der Waals surface area contributed by atoms with Crippen LogP contribution in [0.15, 0.2) is 91.0 Å². The van der Waals surface area contributed by atoms with E-state index >= 15 is 0 Å². The highest BCUT2D eigenvalue weighted by molar-refractivity contribution is 7.47. The normalized spacial score (nSPS) is 14.2. The maximum Gasteiger partial charge on any atom is 0.472 e. The second kappa shape index (κ2) is 66.3. The molecular weight excluding hydrogens is 1460 g/mol. The molecular formula is C87H143N8O17P. The molecule has 3 aromatic carbocycles. The minimum Gasteiger partial charge on any atom is -0.462 e. The molecule has 1 aliphatic heterocycles. The number of carbonyl (C=O) groups excluding carboxylic acids is 8. The van der Waals surface area contributed by atoms with Gasteiger partial charge in [-0.2, -0.15) is 0 Å². The van der Waals surface area contributed by atoms with Crippen LogP contribution in [-0.4, -0.2) is 203 Å². The Morgan fingerprint density at radius 1 is 0.345 bits per heavy atom. The first kappa shape index (κ1) is 98.5. The predicted molar refractivity (Wildman–Crippen MR) is 442 cm³/mol. The Morgan fingerprint density at radius 2 is 0.664 bits per heavy atom. The lowest BCUT2D eigenvalue weighted by atomic mass is 10.0. The molecule has 5 N–H and O–H groups in total. The van der Waals surface area contributed by atoms with E-state index in [-0.39, 0.29) is 103 Å². The number of ether oxygens (including phenoxy) is 5. The Hall–Kier alpha value is -6.83. The number of phosphoric acid groups is 1. The van der Waals surface area contributed by atoms with Gasteiger partial charge in [0, 0.05) is 97.8 Å². The van der Waals surface area contributed by atoms with Crippen LogP contribution in [0.3, 0.4) is 0 Å². The molecule has 1 heterocycles. The van der Waals surface area contributed by atoms with Crippen LogP contribution in [0.2, 0.25) is 0 Å². The fourth-order valence-electron chi connectivity index (χ4n) is 13.1. The third kappa shape index (κ3) is 56.2. The van der Waals surface area contributed by atoms with Crippen molar-refractivity contribution in [1.82, 2.24) is 40.9 Å². The topological polar surface area (TPSA) is 300 Å². The fraction of sp³-hybridized carbons (Fsp3) is 0.701. The van der Waals surface area contributed by atoms with Gasteiger partial charge in [-0.05, 0) is 55.2 Å². The van der Waals surface area contributed by atoms with E-state index < -0.39 is 50.4 Å². The molecule has 26 heteroatoms. The van der Waals surface area contributed by atoms with Crippen LogP contribution in [0, 0.1) is 0 Å². The summed E-state index contributed by atoms with van der Waals surface area (Å²) in [5, 5.41) is 11.5. The van der Waals surface area contributed by atoms with Gasteiger partial charge in [-0.15, -0.1) is 0 Å². The fourth-order valence-corrected chi connectivity index (χ4v) is 13.9. The number of nitrogens with one attached hydrogen (secondary N) is 4. The zero-order valence-corrected chi connectivity index (χ0v) is 69.9. The highest BCUT2D eigenvalue weighted by Gasteiger charge is 2.28. The Kier molecular flexibility index (Phi) is 57.8. The number of urea groups is 1. The summed E-state index contributed by atoms with van der Waals surface area (Å²) in [7, 11) is -4.65. The molecule has 4 rings (SSSR count). The molecule has 0 aromatic heterocycles. The summed E-state index contributed by atoms with van der Waals surface area (Å²) in [6, 6.07) is 28.1. The molecule has 3 aromatic rings. The lowest BCUT2D eigenvalue weighted by Crippen LogP contribution is -2.50. The van der Waals surface area contributed by atoms with E-state index in [1.54, 1.807) is 0 Å². The van der Waals surface area contributed by atoms with Crippen LogP contribution >= 0.6 is 7.82 Å². The van der Waals surface area contributed by atoms with Crippen molar-refractivity contribution >= 4 is 55.5 Å². The van der Waals surface area contributed by atoms with Gasteiger partial charge in [0.15, 0.2) is 6.10 Å². The van der Waals surface area contributed by atoms with E-state index in [9.17, 15) is 47.8 Å². The number of unbranched alkanes of at least 4 members (excludes halogenated alkanes) is 29. The van der Waals surface area contributed by atoms with Gasteiger partial charge >= 0.3 is 43.7 Å². The van der Waals surface area contributed by atoms with Crippen molar-refractivity contribution in [3.05, 3.63) is 108 Å². The lowest BCUT2D eigenvalue weighted by Gasteiger charge is -2.33.